The second-order valence-electron chi connectivity index (χ2n) is 4.14. The van der Waals surface area contributed by atoms with Gasteiger partial charge in [-0.3, -0.25) is 4.79 Å². The van der Waals surface area contributed by atoms with Crippen molar-refractivity contribution >= 4 is 22.4 Å². The Hall–Kier alpha value is -0.940. The van der Waals surface area contributed by atoms with Crippen LogP contribution in [0.4, 0.5) is 5.13 Å². The highest BCUT2D eigenvalue weighted by Crippen LogP contribution is 2.40. The van der Waals surface area contributed by atoms with Gasteiger partial charge in [0.25, 0.3) is 0 Å². The van der Waals surface area contributed by atoms with Gasteiger partial charge in [-0.15, -0.1) is 11.3 Å². The minimum absolute atomic E-state index is 0.00160. The first-order valence-corrected chi connectivity index (χ1v) is 6.20. The Morgan fingerprint density at radius 3 is 2.93 bits per heavy atom. The van der Waals surface area contributed by atoms with Crippen LogP contribution in [-0.2, 0) is 4.79 Å². The number of nitrogens with one attached hydrogen (secondary N) is 2. The molecule has 1 saturated heterocycles. The van der Waals surface area contributed by atoms with E-state index >= 15 is 0 Å². The number of carbonyl (C=O) groups is 1. The second kappa shape index (κ2) is 3.57. The third kappa shape index (κ3) is 1.89. The van der Waals surface area contributed by atoms with Gasteiger partial charge in [0.1, 0.15) is 0 Å². The molecule has 1 aliphatic carbocycles. The average molecular weight is 223 g/mol. The molecule has 0 unspecified atom stereocenters. The summed E-state index contributed by atoms with van der Waals surface area (Å²) in [5.41, 5.74) is 1.15. The zero-order valence-electron chi connectivity index (χ0n) is 8.32. The molecule has 1 saturated carbocycles. The normalized spacial score (nSPS) is 24.7. The van der Waals surface area contributed by atoms with Gasteiger partial charge in [0.2, 0.25) is 5.91 Å². The van der Waals surface area contributed by atoms with Gasteiger partial charge in [0.15, 0.2) is 5.13 Å². The number of nitrogens with zero attached hydrogens (tertiary/aromatic N) is 1. The maximum atomic E-state index is 11.6. The van der Waals surface area contributed by atoms with Crippen LogP contribution >= 0.6 is 11.3 Å². The number of carbonyl (C=O) groups excluding carboxylic acids is 1. The number of hydrogen-bond donors (Lipinski definition) is 2. The summed E-state index contributed by atoms with van der Waals surface area (Å²) in [6.45, 7) is 0.948. The van der Waals surface area contributed by atoms with Crippen LogP contribution in [0.2, 0.25) is 0 Å². The molecule has 0 spiro atoms. The highest BCUT2D eigenvalue weighted by Gasteiger charge is 2.28. The smallest absolute Gasteiger partial charge is 0.243 e. The van der Waals surface area contributed by atoms with E-state index < -0.39 is 0 Å². The largest absolute Gasteiger partial charge is 0.306 e. The summed E-state index contributed by atoms with van der Waals surface area (Å²) in [5, 5.41) is 8.73. The number of thiazole rings is 1. The zero-order chi connectivity index (χ0) is 10.3. The molecule has 1 atom stereocenters. The van der Waals surface area contributed by atoms with Gasteiger partial charge < -0.3 is 10.6 Å². The number of aromatic nitrogens is 1. The van der Waals surface area contributed by atoms with Crippen LogP contribution in [-0.4, -0.2) is 23.5 Å². The Balaban J connectivity index is 1.62. The molecule has 2 N–H and O–H groups in total. The summed E-state index contributed by atoms with van der Waals surface area (Å²) in [5.74, 6) is 0.715. The molecule has 1 aromatic rings. The minimum atomic E-state index is -0.00160. The predicted molar refractivity (Wildman–Crippen MR) is 59.1 cm³/mol. The number of hydrogen-bond acceptors (Lipinski definition) is 4. The van der Waals surface area contributed by atoms with Crippen molar-refractivity contribution in [2.24, 2.45) is 0 Å². The molecule has 0 radical (unpaired) electrons. The molecule has 2 fully saturated rings. The van der Waals surface area contributed by atoms with E-state index in [0.717, 1.165) is 23.8 Å². The van der Waals surface area contributed by atoms with Gasteiger partial charge in [-0.2, -0.15) is 0 Å². The van der Waals surface area contributed by atoms with E-state index in [0.29, 0.717) is 5.92 Å². The lowest BCUT2D eigenvalue weighted by Crippen LogP contribution is -2.50. The maximum Gasteiger partial charge on any atom is 0.243 e. The van der Waals surface area contributed by atoms with E-state index in [2.05, 4.69) is 21.0 Å². The molecule has 2 aliphatic rings. The predicted octanol–water partition coefficient (Wildman–Crippen LogP) is 1.32. The average Bonchev–Trinajstić information content (AvgIpc) is 2.86. The molecule has 1 amide bonds. The topological polar surface area (TPSA) is 54.0 Å². The molecule has 15 heavy (non-hydrogen) atoms. The summed E-state index contributed by atoms with van der Waals surface area (Å²) in [4.78, 5) is 16.0. The fourth-order valence-electron chi connectivity index (χ4n) is 1.62. The summed E-state index contributed by atoms with van der Waals surface area (Å²) >= 11 is 1.53. The summed E-state index contributed by atoms with van der Waals surface area (Å²) < 4.78 is 0. The molecule has 1 aliphatic heterocycles. The Morgan fingerprint density at radius 2 is 2.33 bits per heavy atom. The molecule has 5 heteroatoms. The third-order valence-corrected chi connectivity index (χ3v) is 3.66. The fourth-order valence-corrected chi connectivity index (χ4v) is 2.41. The van der Waals surface area contributed by atoms with Crippen LogP contribution in [0.25, 0.3) is 0 Å². The fraction of sp³-hybridized carbons (Fsp3) is 0.600. The van der Waals surface area contributed by atoms with Crippen LogP contribution < -0.4 is 10.6 Å². The first-order valence-electron chi connectivity index (χ1n) is 5.32. The monoisotopic (exact) mass is 223 g/mol. The lowest BCUT2D eigenvalue weighted by atomic mass is 10.1. The van der Waals surface area contributed by atoms with Crippen molar-refractivity contribution in [1.82, 2.24) is 10.3 Å². The molecule has 1 aromatic heterocycles. The maximum absolute atomic E-state index is 11.6. The minimum Gasteiger partial charge on any atom is -0.306 e. The van der Waals surface area contributed by atoms with Gasteiger partial charge in [-0.25, -0.2) is 4.98 Å². The van der Waals surface area contributed by atoms with E-state index in [1.807, 2.05) is 0 Å². The van der Waals surface area contributed by atoms with Crippen molar-refractivity contribution in [2.45, 2.75) is 31.2 Å². The molecule has 4 nitrogen and oxygen atoms in total. The summed E-state index contributed by atoms with van der Waals surface area (Å²) in [7, 11) is 0. The highest BCUT2D eigenvalue weighted by molar-refractivity contribution is 7.13. The molecular formula is C10H13N3OS. The third-order valence-electron chi connectivity index (χ3n) is 2.89. The van der Waals surface area contributed by atoms with E-state index in [1.165, 1.54) is 24.2 Å². The molecule has 3 rings (SSSR count). The van der Waals surface area contributed by atoms with Crippen LogP contribution in [0, 0.1) is 0 Å². The lowest BCUT2D eigenvalue weighted by Gasteiger charge is -2.25. The quantitative estimate of drug-likeness (QED) is 0.812. The first kappa shape index (κ1) is 9.30. The Kier molecular flexibility index (Phi) is 2.21. The standard InChI is InChI=1S/C10H13N3OS/c14-9(7-3-4-11-7)13-10-12-8(5-15-10)6-1-2-6/h5-7,11H,1-4H2,(H,12,13,14)/t7-/m1/s1. The van der Waals surface area contributed by atoms with Crippen molar-refractivity contribution in [3.05, 3.63) is 11.1 Å². The summed E-state index contributed by atoms with van der Waals surface area (Å²) in [6, 6.07) is -0.00160. The summed E-state index contributed by atoms with van der Waals surface area (Å²) in [6.07, 6.45) is 3.44. The van der Waals surface area contributed by atoms with E-state index in [9.17, 15) is 4.79 Å². The van der Waals surface area contributed by atoms with E-state index in [-0.39, 0.29) is 11.9 Å². The van der Waals surface area contributed by atoms with E-state index in [1.54, 1.807) is 0 Å². The number of amides is 1. The molecule has 0 aromatic carbocycles. The van der Waals surface area contributed by atoms with Gasteiger partial charge in [0.05, 0.1) is 11.7 Å². The Morgan fingerprint density at radius 1 is 1.53 bits per heavy atom. The van der Waals surface area contributed by atoms with Crippen LogP contribution in [0.1, 0.15) is 30.9 Å². The van der Waals surface area contributed by atoms with Crippen molar-refractivity contribution < 1.29 is 4.79 Å². The van der Waals surface area contributed by atoms with Crippen molar-refractivity contribution in [3.63, 3.8) is 0 Å². The lowest BCUT2D eigenvalue weighted by molar-refractivity contribution is -0.119. The van der Waals surface area contributed by atoms with Crippen molar-refractivity contribution in [3.8, 4) is 0 Å². The molecule has 2 heterocycles. The van der Waals surface area contributed by atoms with Crippen LogP contribution in [0.15, 0.2) is 5.38 Å². The van der Waals surface area contributed by atoms with Gasteiger partial charge in [0, 0.05) is 11.3 Å². The van der Waals surface area contributed by atoms with Crippen LogP contribution in [0.5, 0.6) is 0 Å². The second-order valence-corrected chi connectivity index (χ2v) is 4.99. The SMILES string of the molecule is O=C(Nc1nc(C2CC2)cs1)[C@H]1CCN1. The molecule has 0 bridgehead atoms. The van der Waals surface area contributed by atoms with Gasteiger partial charge >= 0.3 is 0 Å². The van der Waals surface area contributed by atoms with Gasteiger partial charge in [-0.05, 0) is 25.8 Å². The van der Waals surface area contributed by atoms with E-state index in [4.69, 9.17) is 0 Å². The number of anilines is 1. The molecular weight excluding hydrogens is 210 g/mol. The highest BCUT2D eigenvalue weighted by atomic mass is 32.1. The zero-order valence-corrected chi connectivity index (χ0v) is 9.14. The van der Waals surface area contributed by atoms with Gasteiger partial charge in [-0.1, -0.05) is 0 Å². The Labute approximate surface area is 92.1 Å². The van der Waals surface area contributed by atoms with Crippen LogP contribution in [0.3, 0.4) is 0 Å². The molecule has 80 valence electrons. The van der Waals surface area contributed by atoms with Crippen molar-refractivity contribution in [1.29, 1.82) is 0 Å². The first-order chi connectivity index (χ1) is 7.33. The van der Waals surface area contributed by atoms with Crippen molar-refractivity contribution in [2.75, 3.05) is 11.9 Å². The number of rotatable bonds is 3. The Bertz CT molecular complexity index is 382.